The van der Waals surface area contributed by atoms with Crippen LogP contribution in [0.25, 0.3) is 0 Å². The zero-order chi connectivity index (χ0) is 8.27. The summed E-state index contributed by atoms with van der Waals surface area (Å²) in [7, 11) is 1.85. The van der Waals surface area contributed by atoms with E-state index in [0.717, 1.165) is 18.4 Å². The average Bonchev–Trinajstić information content (AvgIpc) is 2.36. The van der Waals surface area contributed by atoms with Gasteiger partial charge in [0.05, 0.1) is 12.3 Å². The third kappa shape index (κ3) is 2.05. The molecule has 0 spiro atoms. The van der Waals surface area contributed by atoms with Gasteiger partial charge in [-0.05, 0) is 6.42 Å². The molecular weight excluding hydrogens is 140 g/mol. The first kappa shape index (κ1) is 8.27. The van der Waals surface area contributed by atoms with Crippen LogP contribution in [0, 0.1) is 0 Å². The Morgan fingerprint density at radius 3 is 2.91 bits per heavy atom. The fourth-order valence-corrected chi connectivity index (χ4v) is 1.05. The van der Waals surface area contributed by atoms with Crippen molar-refractivity contribution in [3.05, 3.63) is 18.0 Å². The van der Waals surface area contributed by atoms with Crippen molar-refractivity contribution < 1.29 is 5.11 Å². The normalized spacial score (nSPS) is 13.4. The number of rotatable bonds is 3. The summed E-state index contributed by atoms with van der Waals surface area (Å²) in [5.41, 5.74) is 0.911. The molecule has 0 fully saturated rings. The zero-order valence-corrected chi connectivity index (χ0v) is 6.99. The molecule has 1 atom stereocenters. The van der Waals surface area contributed by atoms with E-state index in [9.17, 15) is 5.11 Å². The summed E-state index contributed by atoms with van der Waals surface area (Å²) < 4.78 is 1.70. The van der Waals surface area contributed by atoms with Gasteiger partial charge < -0.3 is 5.11 Å². The van der Waals surface area contributed by atoms with E-state index in [1.54, 1.807) is 10.9 Å². The molecule has 0 saturated heterocycles. The summed E-state index contributed by atoms with van der Waals surface area (Å²) in [5.74, 6) is 0. The molecule has 1 N–H and O–H groups in total. The molecule has 0 aliphatic heterocycles. The van der Waals surface area contributed by atoms with E-state index in [2.05, 4.69) is 12.0 Å². The molecule has 3 nitrogen and oxygen atoms in total. The maximum absolute atomic E-state index is 9.48. The van der Waals surface area contributed by atoms with Gasteiger partial charge in [-0.25, -0.2) is 0 Å². The molecule has 0 amide bonds. The standard InChI is InChI=1S/C8H14N2O/c1-3-4-8(11)7-5-9-10(2)6-7/h5-6,8,11H,3-4H2,1-2H3. The van der Waals surface area contributed by atoms with Crippen LogP contribution in [0.5, 0.6) is 0 Å². The lowest BCUT2D eigenvalue weighted by atomic mass is 10.1. The number of hydrogen-bond acceptors (Lipinski definition) is 2. The molecular formula is C8H14N2O. The molecule has 11 heavy (non-hydrogen) atoms. The van der Waals surface area contributed by atoms with Crippen molar-refractivity contribution in [2.75, 3.05) is 0 Å². The highest BCUT2D eigenvalue weighted by Crippen LogP contribution is 2.16. The van der Waals surface area contributed by atoms with Crippen LogP contribution in [-0.2, 0) is 7.05 Å². The molecule has 1 aromatic rings. The molecule has 62 valence electrons. The minimum absolute atomic E-state index is 0.339. The van der Waals surface area contributed by atoms with E-state index in [1.165, 1.54) is 0 Å². The fraction of sp³-hybridized carbons (Fsp3) is 0.625. The summed E-state index contributed by atoms with van der Waals surface area (Å²) in [6, 6.07) is 0. The predicted octanol–water partition coefficient (Wildman–Crippen LogP) is 1.25. The van der Waals surface area contributed by atoms with Crippen molar-refractivity contribution in [1.29, 1.82) is 0 Å². The number of nitrogens with zero attached hydrogens (tertiary/aromatic N) is 2. The molecule has 0 saturated carbocycles. The maximum atomic E-state index is 9.48. The van der Waals surface area contributed by atoms with Gasteiger partial charge in [-0.2, -0.15) is 5.10 Å². The SMILES string of the molecule is CCCC(O)c1cnn(C)c1. The van der Waals surface area contributed by atoms with Crippen LogP contribution < -0.4 is 0 Å². The Morgan fingerprint density at radius 2 is 2.45 bits per heavy atom. The molecule has 1 rings (SSSR count). The first-order valence-corrected chi connectivity index (χ1v) is 3.90. The zero-order valence-electron chi connectivity index (χ0n) is 6.99. The van der Waals surface area contributed by atoms with E-state index >= 15 is 0 Å². The van der Waals surface area contributed by atoms with Crippen LogP contribution in [0.1, 0.15) is 31.4 Å². The molecule has 3 heteroatoms. The van der Waals surface area contributed by atoms with E-state index < -0.39 is 0 Å². The summed E-state index contributed by atoms with van der Waals surface area (Å²) in [5, 5.41) is 13.5. The Hall–Kier alpha value is -0.830. The Kier molecular flexibility index (Phi) is 2.65. The second-order valence-electron chi connectivity index (χ2n) is 2.75. The highest BCUT2D eigenvalue weighted by atomic mass is 16.3. The van der Waals surface area contributed by atoms with Crippen molar-refractivity contribution in [1.82, 2.24) is 9.78 Å². The number of hydrogen-bond donors (Lipinski definition) is 1. The minimum Gasteiger partial charge on any atom is -0.388 e. The number of aliphatic hydroxyl groups is 1. The molecule has 1 aromatic heterocycles. The van der Waals surface area contributed by atoms with Gasteiger partial charge in [0.15, 0.2) is 0 Å². The fourth-order valence-electron chi connectivity index (χ4n) is 1.05. The lowest BCUT2D eigenvalue weighted by Crippen LogP contribution is -1.94. The van der Waals surface area contributed by atoms with Crippen LogP contribution in [0.4, 0.5) is 0 Å². The maximum Gasteiger partial charge on any atom is 0.0820 e. The number of aliphatic hydroxyl groups excluding tert-OH is 1. The van der Waals surface area contributed by atoms with Crippen molar-refractivity contribution in [2.45, 2.75) is 25.9 Å². The lowest BCUT2D eigenvalue weighted by Gasteiger charge is -2.04. The smallest absolute Gasteiger partial charge is 0.0820 e. The van der Waals surface area contributed by atoms with Crippen LogP contribution in [0.3, 0.4) is 0 Å². The van der Waals surface area contributed by atoms with Crippen LogP contribution in [0.15, 0.2) is 12.4 Å². The van der Waals surface area contributed by atoms with E-state index in [1.807, 2.05) is 13.2 Å². The number of aromatic nitrogens is 2. The first-order chi connectivity index (χ1) is 5.24. The van der Waals surface area contributed by atoms with Gasteiger partial charge in [0.2, 0.25) is 0 Å². The largest absolute Gasteiger partial charge is 0.388 e. The van der Waals surface area contributed by atoms with Gasteiger partial charge in [-0.1, -0.05) is 13.3 Å². The molecule has 1 unspecified atom stereocenters. The summed E-state index contributed by atoms with van der Waals surface area (Å²) >= 11 is 0. The van der Waals surface area contributed by atoms with Gasteiger partial charge in [0, 0.05) is 18.8 Å². The Balaban J connectivity index is 2.60. The Morgan fingerprint density at radius 1 is 1.73 bits per heavy atom. The minimum atomic E-state index is -0.339. The first-order valence-electron chi connectivity index (χ1n) is 3.90. The molecule has 0 aliphatic carbocycles. The summed E-state index contributed by atoms with van der Waals surface area (Å²) in [6.07, 6.45) is 5.02. The van der Waals surface area contributed by atoms with Crippen molar-refractivity contribution >= 4 is 0 Å². The average molecular weight is 154 g/mol. The third-order valence-electron chi connectivity index (χ3n) is 1.67. The van der Waals surface area contributed by atoms with Crippen LogP contribution in [-0.4, -0.2) is 14.9 Å². The third-order valence-corrected chi connectivity index (χ3v) is 1.67. The van der Waals surface area contributed by atoms with Gasteiger partial charge in [0.25, 0.3) is 0 Å². The molecule has 0 bridgehead atoms. The van der Waals surface area contributed by atoms with Gasteiger partial charge in [-0.15, -0.1) is 0 Å². The van der Waals surface area contributed by atoms with Gasteiger partial charge >= 0.3 is 0 Å². The van der Waals surface area contributed by atoms with Gasteiger partial charge in [0.1, 0.15) is 0 Å². The van der Waals surface area contributed by atoms with Crippen LogP contribution >= 0.6 is 0 Å². The van der Waals surface area contributed by atoms with Crippen molar-refractivity contribution in [2.24, 2.45) is 7.05 Å². The van der Waals surface area contributed by atoms with Gasteiger partial charge in [-0.3, -0.25) is 4.68 Å². The molecule has 0 aromatic carbocycles. The highest BCUT2D eigenvalue weighted by Gasteiger charge is 2.06. The summed E-state index contributed by atoms with van der Waals surface area (Å²) in [6.45, 7) is 2.06. The molecule has 0 radical (unpaired) electrons. The van der Waals surface area contributed by atoms with E-state index in [4.69, 9.17) is 0 Å². The molecule has 0 aliphatic rings. The number of aryl methyl sites for hydroxylation is 1. The predicted molar refractivity (Wildman–Crippen MR) is 43.1 cm³/mol. The van der Waals surface area contributed by atoms with Crippen molar-refractivity contribution in [3.63, 3.8) is 0 Å². The van der Waals surface area contributed by atoms with E-state index in [-0.39, 0.29) is 6.10 Å². The van der Waals surface area contributed by atoms with Crippen LogP contribution in [0.2, 0.25) is 0 Å². The Bertz CT molecular complexity index is 220. The van der Waals surface area contributed by atoms with Crippen molar-refractivity contribution in [3.8, 4) is 0 Å². The topological polar surface area (TPSA) is 38.1 Å². The molecule has 1 heterocycles. The second-order valence-corrected chi connectivity index (χ2v) is 2.75. The monoisotopic (exact) mass is 154 g/mol. The quantitative estimate of drug-likeness (QED) is 0.711. The summed E-state index contributed by atoms with van der Waals surface area (Å²) in [4.78, 5) is 0. The highest BCUT2D eigenvalue weighted by molar-refractivity contribution is 5.07. The second kappa shape index (κ2) is 3.53. The Labute approximate surface area is 66.7 Å². The van der Waals surface area contributed by atoms with E-state index in [0.29, 0.717) is 0 Å². The lowest BCUT2D eigenvalue weighted by molar-refractivity contribution is 0.166.